The van der Waals surface area contributed by atoms with Crippen molar-refractivity contribution >= 4 is 39.7 Å². The SMILES string of the molecule is COc1cc(-c2cn(C)c(=O)c3[nH]ccc23)cc(OC)c1CN1CCc2c(CN3CCC(c4ccc(NC5CCC(=O)NC5=O)cc4)C(F)(F)C3)csc2C1. The first-order valence-corrected chi connectivity index (χ1v) is 19.4. The Morgan fingerprint density at radius 1 is 0.964 bits per heavy atom. The molecular weight excluding hydrogens is 727 g/mol. The Hall–Kier alpha value is -5.05. The molecule has 0 aliphatic carbocycles. The van der Waals surface area contributed by atoms with Crippen LogP contribution in [0.4, 0.5) is 14.5 Å². The van der Waals surface area contributed by atoms with Gasteiger partial charge in [0, 0.05) is 73.6 Å². The Bertz CT molecular complexity index is 2290. The number of halogens is 2. The predicted octanol–water partition coefficient (Wildman–Crippen LogP) is 6.01. The zero-order valence-corrected chi connectivity index (χ0v) is 31.9. The third kappa shape index (κ3) is 7.26. The summed E-state index contributed by atoms with van der Waals surface area (Å²) in [4.78, 5) is 44.8. The molecule has 3 aliphatic rings. The number of anilines is 1. The number of aromatic nitrogens is 2. The van der Waals surface area contributed by atoms with E-state index in [1.807, 2.05) is 29.3 Å². The lowest BCUT2D eigenvalue weighted by molar-refractivity contribution is -0.133. The number of hydrogen-bond donors (Lipinski definition) is 3. The molecule has 288 valence electrons. The number of pyridine rings is 1. The minimum atomic E-state index is -2.90. The first kappa shape index (κ1) is 36.9. The van der Waals surface area contributed by atoms with E-state index < -0.39 is 17.9 Å². The molecule has 0 saturated carbocycles. The first-order valence-electron chi connectivity index (χ1n) is 18.5. The largest absolute Gasteiger partial charge is 0.496 e. The van der Waals surface area contributed by atoms with Gasteiger partial charge in [-0.2, -0.15) is 0 Å². The van der Waals surface area contributed by atoms with Crippen molar-refractivity contribution < 1.29 is 27.8 Å². The normalized spacial score (nSPS) is 20.3. The summed E-state index contributed by atoms with van der Waals surface area (Å²) < 4.78 is 44.9. The fraction of sp³-hybridized carbons (Fsp3) is 0.390. The number of alkyl halides is 2. The number of imide groups is 1. The van der Waals surface area contributed by atoms with Crippen LogP contribution >= 0.6 is 11.3 Å². The minimum Gasteiger partial charge on any atom is -0.496 e. The second kappa shape index (κ2) is 14.9. The van der Waals surface area contributed by atoms with Crippen molar-refractivity contribution in [3.05, 3.63) is 97.7 Å². The highest BCUT2D eigenvalue weighted by Gasteiger charge is 2.45. The van der Waals surface area contributed by atoms with Crippen LogP contribution in [-0.2, 0) is 42.7 Å². The van der Waals surface area contributed by atoms with Crippen LogP contribution in [0.1, 0.15) is 52.3 Å². The van der Waals surface area contributed by atoms with E-state index in [1.165, 1.54) is 10.4 Å². The van der Waals surface area contributed by atoms with Gasteiger partial charge >= 0.3 is 0 Å². The van der Waals surface area contributed by atoms with Crippen molar-refractivity contribution in [2.75, 3.05) is 39.2 Å². The second-order valence-corrected chi connectivity index (χ2v) is 15.8. The molecule has 14 heteroatoms. The average molecular weight is 771 g/mol. The summed E-state index contributed by atoms with van der Waals surface area (Å²) in [6, 6.07) is 12.3. The number of amides is 2. The molecule has 5 aromatic rings. The highest BCUT2D eigenvalue weighted by Crippen LogP contribution is 2.42. The fourth-order valence-electron chi connectivity index (χ4n) is 8.37. The Morgan fingerprint density at radius 3 is 2.44 bits per heavy atom. The van der Waals surface area contributed by atoms with Gasteiger partial charge in [0.1, 0.15) is 23.1 Å². The predicted molar refractivity (Wildman–Crippen MR) is 208 cm³/mol. The van der Waals surface area contributed by atoms with Gasteiger partial charge in [0.15, 0.2) is 0 Å². The topological polar surface area (TPSA) is 121 Å². The first-order chi connectivity index (χ1) is 26.5. The molecular formula is C41H44F2N6O5S. The summed E-state index contributed by atoms with van der Waals surface area (Å²) >= 11 is 1.69. The van der Waals surface area contributed by atoms with Crippen LogP contribution < -0.4 is 25.7 Å². The monoisotopic (exact) mass is 770 g/mol. The van der Waals surface area contributed by atoms with Crippen LogP contribution in [0.15, 0.2) is 65.0 Å². The molecule has 2 atom stereocenters. The van der Waals surface area contributed by atoms with Crippen LogP contribution in [0.3, 0.4) is 0 Å². The zero-order valence-electron chi connectivity index (χ0n) is 31.0. The summed E-state index contributed by atoms with van der Waals surface area (Å²) in [5.74, 6) is -3.04. The lowest BCUT2D eigenvalue weighted by Gasteiger charge is -2.39. The maximum Gasteiger partial charge on any atom is 0.274 e. The molecule has 0 spiro atoms. The number of carbonyl (C=O) groups excluding carboxylic acids is 2. The highest BCUT2D eigenvalue weighted by atomic mass is 32.1. The number of benzene rings is 2. The molecule has 2 aromatic carbocycles. The minimum absolute atomic E-state index is 0.0923. The standard InChI is InChI=1S/C41H44F2N6O5S/c1-47-19-30(29-10-13-44-38(29)40(47)52)25-16-34(53-2)31(35(17-25)54-3)20-48-14-11-28-26(22-55-36(28)21-48)18-49-15-12-32(41(42,43)23-49)24-4-6-27(7-5-24)45-33-8-9-37(50)46-39(33)51/h4-7,10,13,16-17,19,22,32-33,44-45H,8-9,11-12,14-15,18,20-21,23H2,1-3H3,(H,46,50,51). The molecule has 55 heavy (non-hydrogen) atoms. The number of H-pyrrole nitrogens is 1. The number of carbonyl (C=O) groups is 2. The molecule has 3 aliphatic heterocycles. The van der Waals surface area contributed by atoms with Crippen molar-refractivity contribution in [3.63, 3.8) is 0 Å². The van der Waals surface area contributed by atoms with E-state index in [9.17, 15) is 14.4 Å². The third-order valence-corrected chi connectivity index (χ3v) is 12.3. The van der Waals surface area contributed by atoms with Crippen molar-refractivity contribution in [2.45, 2.75) is 63.2 Å². The highest BCUT2D eigenvalue weighted by molar-refractivity contribution is 7.10. The van der Waals surface area contributed by atoms with Crippen molar-refractivity contribution in [1.82, 2.24) is 24.7 Å². The van der Waals surface area contributed by atoms with Gasteiger partial charge in [0.05, 0.1) is 32.2 Å². The van der Waals surface area contributed by atoms with Gasteiger partial charge in [-0.25, -0.2) is 8.78 Å². The third-order valence-electron chi connectivity index (χ3n) is 11.3. The number of nitrogens with zero attached hydrogens (tertiary/aromatic N) is 3. The van der Waals surface area contributed by atoms with E-state index in [1.54, 1.807) is 67.6 Å². The molecule has 2 unspecified atom stereocenters. The Labute approximate surface area is 321 Å². The second-order valence-electron chi connectivity index (χ2n) is 14.8. The van der Waals surface area contributed by atoms with Gasteiger partial charge in [-0.15, -0.1) is 11.3 Å². The molecule has 6 heterocycles. The van der Waals surface area contributed by atoms with E-state index in [-0.39, 0.29) is 30.3 Å². The molecule has 2 saturated heterocycles. The van der Waals surface area contributed by atoms with Gasteiger partial charge in [-0.3, -0.25) is 29.5 Å². The van der Waals surface area contributed by atoms with Crippen LogP contribution in [-0.4, -0.2) is 77.0 Å². The quantitative estimate of drug-likeness (QED) is 0.148. The van der Waals surface area contributed by atoms with Gasteiger partial charge in [-0.1, -0.05) is 12.1 Å². The number of aryl methyl sites for hydroxylation is 1. The Balaban J connectivity index is 0.912. The van der Waals surface area contributed by atoms with Crippen LogP contribution in [0.2, 0.25) is 0 Å². The van der Waals surface area contributed by atoms with Crippen molar-refractivity contribution in [2.24, 2.45) is 7.05 Å². The average Bonchev–Trinajstić information content (AvgIpc) is 3.82. The van der Waals surface area contributed by atoms with Gasteiger partial charge in [0.25, 0.3) is 11.5 Å². The van der Waals surface area contributed by atoms with E-state index in [4.69, 9.17) is 9.47 Å². The summed E-state index contributed by atoms with van der Waals surface area (Å²) in [6.45, 7) is 2.91. The number of piperidine rings is 2. The smallest absolute Gasteiger partial charge is 0.274 e. The summed E-state index contributed by atoms with van der Waals surface area (Å²) in [5.41, 5.74) is 6.81. The van der Waals surface area contributed by atoms with Gasteiger partial charge in [-0.05, 0) is 83.8 Å². The fourth-order valence-corrected chi connectivity index (χ4v) is 9.51. The maximum absolute atomic E-state index is 15.7. The number of nitrogens with one attached hydrogen (secondary N) is 3. The van der Waals surface area contributed by atoms with Crippen LogP contribution in [0.5, 0.6) is 11.5 Å². The Kier molecular flexibility index (Phi) is 9.99. The van der Waals surface area contributed by atoms with E-state index in [0.29, 0.717) is 60.7 Å². The number of hydrogen-bond acceptors (Lipinski definition) is 9. The lowest BCUT2D eigenvalue weighted by Crippen LogP contribution is -2.47. The molecule has 8 rings (SSSR count). The van der Waals surface area contributed by atoms with Crippen LogP contribution in [0, 0.1) is 0 Å². The number of likely N-dealkylation sites (tertiary alicyclic amines) is 1. The molecule has 11 nitrogen and oxygen atoms in total. The van der Waals surface area contributed by atoms with Crippen LogP contribution in [0.25, 0.3) is 22.0 Å². The Morgan fingerprint density at radius 2 is 1.73 bits per heavy atom. The molecule has 0 radical (unpaired) electrons. The summed E-state index contributed by atoms with van der Waals surface area (Å²) in [6.07, 6.45) is 5.43. The number of thiophene rings is 1. The van der Waals surface area contributed by atoms with Gasteiger partial charge < -0.3 is 24.3 Å². The van der Waals surface area contributed by atoms with Crippen molar-refractivity contribution in [3.8, 4) is 22.6 Å². The number of ether oxygens (including phenoxy) is 2. The molecule has 3 N–H and O–H groups in total. The number of rotatable bonds is 10. The molecule has 3 aromatic heterocycles. The summed E-state index contributed by atoms with van der Waals surface area (Å²) in [5, 5.41) is 8.41. The van der Waals surface area contributed by atoms with Crippen molar-refractivity contribution in [1.29, 1.82) is 0 Å². The molecule has 2 fully saturated rings. The van der Waals surface area contributed by atoms with E-state index >= 15 is 8.78 Å². The number of fused-ring (bicyclic) bond motifs is 2. The van der Waals surface area contributed by atoms with Gasteiger partial charge in [0.2, 0.25) is 11.8 Å². The number of methoxy groups -OCH3 is 2. The zero-order chi connectivity index (χ0) is 38.4. The van der Waals surface area contributed by atoms with E-state index in [0.717, 1.165) is 47.2 Å². The summed E-state index contributed by atoms with van der Waals surface area (Å²) in [7, 11) is 5.05. The molecule has 0 bridgehead atoms. The maximum atomic E-state index is 15.7. The number of aromatic amines is 1. The van der Waals surface area contributed by atoms with E-state index in [2.05, 4.69) is 25.9 Å². The molecule has 2 amide bonds. The lowest BCUT2D eigenvalue weighted by atomic mass is 9.86.